The Bertz CT molecular complexity index is 1050. The predicted octanol–water partition coefficient (Wildman–Crippen LogP) is -1.29. The molecule has 2 aliphatic heterocycles. The lowest BCUT2D eigenvalue weighted by molar-refractivity contribution is -0.137. The second kappa shape index (κ2) is 13.4. The van der Waals surface area contributed by atoms with Gasteiger partial charge in [0, 0.05) is 26.2 Å². The highest BCUT2D eigenvalue weighted by Gasteiger charge is 2.40. The van der Waals surface area contributed by atoms with Crippen molar-refractivity contribution in [1.29, 1.82) is 0 Å². The maximum atomic E-state index is 13.1. The van der Waals surface area contributed by atoms with E-state index in [4.69, 9.17) is 10.5 Å². The van der Waals surface area contributed by atoms with Crippen LogP contribution in [0.15, 0.2) is 30.3 Å². The predicted molar refractivity (Wildman–Crippen MR) is 137 cm³/mol. The molecule has 1 aromatic carbocycles. The number of carbonyl (C=O) groups excluding carboxylic acids is 5. The topological polar surface area (TPSA) is 192 Å². The highest BCUT2D eigenvalue weighted by Crippen LogP contribution is 2.24. The van der Waals surface area contributed by atoms with Gasteiger partial charge in [0.05, 0.1) is 24.0 Å². The lowest BCUT2D eigenvalue weighted by Crippen LogP contribution is -2.53. The molecule has 0 radical (unpaired) electrons. The molecule has 2 saturated heterocycles. The summed E-state index contributed by atoms with van der Waals surface area (Å²) in [4.78, 5) is 65.5. The fourth-order valence-electron chi connectivity index (χ4n) is 4.77. The van der Waals surface area contributed by atoms with Gasteiger partial charge in [-0.05, 0) is 32.3 Å². The molecule has 13 nitrogen and oxygen atoms in total. The van der Waals surface area contributed by atoms with Crippen molar-refractivity contribution in [2.45, 2.75) is 57.6 Å². The summed E-state index contributed by atoms with van der Waals surface area (Å²) in [7, 11) is 0. The number of nitrogens with one attached hydrogen (secondary N) is 2. The first-order valence-corrected chi connectivity index (χ1v) is 13.0. The first kappa shape index (κ1) is 29.8. The molecule has 0 aromatic heterocycles. The van der Waals surface area contributed by atoms with Crippen molar-refractivity contribution >= 4 is 29.7 Å². The third kappa shape index (κ3) is 7.90. The Morgan fingerprint density at radius 2 is 1.51 bits per heavy atom. The molecule has 2 fully saturated rings. The van der Waals surface area contributed by atoms with E-state index in [-0.39, 0.29) is 32.1 Å². The van der Waals surface area contributed by atoms with Gasteiger partial charge in [0.2, 0.25) is 23.6 Å². The van der Waals surface area contributed by atoms with E-state index >= 15 is 0 Å². The van der Waals surface area contributed by atoms with Gasteiger partial charge in [-0.25, -0.2) is 4.79 Å². The van der Waals surface area contributed by atoms with Crippen molar-refractivity contribution in [3.8, 4) is 0 Å². The van der Waals surface area contributed by atoms with Crippen LogP contribution in [0.1, 0.15) is 32.3 Å². The molecule has 13 heteroatoms. The maximum absolute atomic E-state index is 13.1. The van der Waals surface area contributed by atoms with E-state index in [0.717, 1.165) is 5.56 Å². The molecule has 2 heterocycles. The molecule has 0 bridgehead atoms. The molecule has 0 spiro atoms. The van der Waals surface area contributed by atoms with Gasteiger partial charge in [-0.1, -0.05) is 30.3 Å². The molecule has 39 heavy (non-hydrogen) atoms. The second-order valence-corrected chi connectivity index (χ2v) is 10.1. The fraction of sp³-hybridized carbons (Fsp3) is 0.577. The van der Waals surface area contributed by atoms with Crippen LogP contribution in [0.3, 0.4) is 0 Å². The molecule has 214 valence electrons. The van der Waals surface area contributed by atoms with E-state index < -0.39 is 59.9 Å². The quantitative estimate of drug-likeness (QED) is 0.239. The number of aliphatic hydroxyl groups is 2. The van der Waals surface area contributed by atoms with Crippen molar-refractivity contribution in [3.05, 3.63) is 35.9 Å². The number of aliphatic hydroxyl groups excluding tert-OH is 2. The number of ether oxygens (including phenoxy) is 1. The van der Waals surface area contributed by atoms with Crippen LogP contribution in [0.4, 0.5) is 4.79 Å². The Balaban J connectivity index is 1.50. The van der Waals surface area contributed by atoms with E-state index in [1.807, 2.05) is 6.07 Å². The smallest absolute Gasteiger partial charge is 0.408 e. The summed E-state index contributed by atoms with van der Waals surface area (Å²) < 4.78 is 5.16. The van der Waals surface area contributed by atoms with Gasteiger partial charge in [-0.3, -0.25) is 19.2 Å². The Hall–Kier alpha value is -3.71. The van der Waals surface area contributed by atoms with Crippen LogP contribution in [0.5, 0.6) is 0 Å². The summed E-state index contributed by atoms with van der Waals surface area (Å²) >= 11 is 0. The molecule has 5 amide bonds. The van der Waals surface area contributed by atoms with Crippen molar-refractivity contribution in [2.24, 2.45) is 17.6 Å². The standard InChI is InChI=1S/C26H37N5O8/c1-15(32)20(22(27)34)28-23(35)18-8-10-30(12-18)24(36)19-9-11-31(13-19)25(37)21(16(2)33)29-26(38)39-14-17-6-4-3-5-7-17/h3-7,15-16,18-21,32-33H,8-14H2,1-2H3,(H2,27,34)(H,28,35)(H,29,38)/t15-,16-,18-,19+,20+,21+/m1/s1. The summed E-state index contributed by atoms with van der Waals surface area (Å²) in [5.74, 6) is -3.10. The molecule has 6 N–H and O–H groups in total. The molecule has 6 atom stereocenters. The highest BCUT2D eigenvalue weighted by atomic mass is 16.5. The zero-order valence-electron chi connectivity index (χ0n) is 22.1. The van der Waals surface area contributed by atoms with Gasteiger partial charge in [-0.2, -0.15) is 0 Å². The highest BCUT2D eigenvalue weighted by molar-refractivity contribution is 5.90. The van der Waals surface area contributed by atoms with Gasteiger partial charge in [0.15, 0.2) is 0 Å². The van der Waals surface area contributed by atoms with Crippen LogP contribution in [0.2, 0.25) is 0 Å². The lowest BCUT2D eigenvalue weighted by Gasteiger charge is -2.26. The van der Waals surface area contributed by atoms with Crippen molar-refractivity contribution in [1.82, 2.24) is 20.4 Å². The first-order valence-electron chi connectivity index (χ1n) is 13.0. The fourth-order valence-corrected chi connectivity index (χ4v) is 4.77. The minimum Gasteiger partial charge on any atom is -0.445 e. The Morgan fingerprint density at radius 3 is 2.13 bits per heavy atom. The number of rotatable bonds is 10. The van der Waals surface area contributed by atoms with Gasteiger partial charge in [-0.15, -0.1) is 0 Å². The molecular formula is C26H37N5O8. The van der Waals surface area contributed by atoms with E-state index in [1.54, 1.807) is 29.2 Å². The largest absolute Gasteiger partial charge is 0.445 e. The first-order chi connectivity index (χ1) is 18.5. The SMILES string of the molecule is C[C@@H](O)[C@H](NC(=O)[C@@H]1CCN(C(=O)[C@H]2CCN(C(=O)[C@@H](NC(=O)OCc3ccccc3)[C@@H](C)O)C2)C1)C(N)=O. The lowest BCUT2D eigenvalue weighted by atomic mass is 10.1. The molecule has 2 aliphatic rings. The minimum absolute atomic E-state index is 0.00471. The van der Waals surface area contributed by atoms with Crippen LogP contribution in [-0.2, 0) is 30.5 Å². The van der Waals surface area contributed by atoms with E-state index in [0.29, 0.717) is 19.4 Å². The van der Waals surface area contributed by atoms with Crippen LogP contribution >= 0.6 is 0 Å². The number of nitrogens with zero attached hydrogens (tertiary/aromatic N) is 2. The Morgan fingerprint density at radius 1 is 0.923 bits per heavy atom. The number of likely N-dealkylation sites (tertiary alicyclic amines) is 2. The van der Waals surface area contributed by atoms with E-state index in [2.05, 4.69) is 10.6 Å². The summed E-state index contributed by atoms with van der Waals surface area (Å²) in [5.41, 5.74) is 6.00. The molecule has 0 saturated carbocycles. The van der Waals surface area contributed by atoms with Gasteiger partial charge in [0.1, 0.15) is 18.7 Å². The van der Waals surface area contributed by atoms with Gasteiger partial charge in [0.25, 0.3) is 0 Å². The minimum atomic E-state index is -1.24. The van der Waals surface area contributed by atoms with Crippen LogP contribution in [0.25, 0.3) is 0 Å². The van der Waals surface area contributed by atoms with Crippen molar-refractivity contribution in [2.75, 3.05) is 26.2 Å². The van der Waals surface area contributed by atoms with Crippen molar-refractivity contribution in [3.63, 3.8) is 0 Å². The molecule has 0 aliphatic carbocycles. The zero-order valence-corrected chi connectivity index (χ0v) is 22.1. The number of primary amides is 1. The third-order valence-electron chi connectivity index (χ3n) is 7.04. The third-order valence-corrected chi connectivity index (χ3v) is 7.04. The van der Waals surface area contributed by atoms with E-state index in [9.17, 15) is 34.2 Å². The van der Waals surface area contributed by atoms with Crippen LogP contribution < -0.4 is 16.4 Å². The van der Waals surface area contributed by atoms with Crippen LogP contribution in [-0.4, -0.2) is 100 Å². The monoisotopic (exact) mass is 547 g/mol. The molecule has 3 rings (SSSR count). The Kier molecular flexibility index (Phi) is 10.2. The van der Waals surface area contributed by atoms with Crippen LogP contribution in [0, 0.1) is 11.8 Å². The summed E-state index contributed by atoms with van der Waals surface area (Å²) in [6, 6.07) is 6.55. The van der Waals surface area contributed by atoms with Crippen molar-refractivity contribution < 1.29 is 38.9 Å². The molecule has 1 aromatic rings. The second-order valence-electron chi connectivity index (χ2n) is 10.1. The summed E-state index contributed by atoms with van der Waals surface area (Å²) in [6.07, 6.45) is -2.41. The van der Waals surface area contributed by atoms with E-state index in [1.165, 1.54) is 18.7 Å². The summed E-state index contributed by atoms with van der Waals surface area (Å²) in [6.45, 7) is 3.60. The number of carbonyl (C=O) groups is 5. The molecular weight excluding hydrogens is 510 g/mol. The number of nitrogens with two attached hydrogens (primary N) is 1. The number of benzene rings is 1. The number of amides is 5. The van der Waals surface area contributed by atoms with Gasteiger partial charge >= 0.3 is 6.09 Å². The Labute approximate surface area is 226 Å². The maximum Gasteiger partial charge on any atom is 0.408 e. The number of alkyl carbamates (subject to hydrolysis) is 1. The normalized spacial score (nSPS) is 21.9. The summed E-state index contributed by atoms with van der Waals surface area (Å²) in [5, 5.41) is 24.7. The average molecular weight is 548 g/mol. The van der Waals surface area contributed by atoms with Gasteiger partial charge < -0.3 is 41.1 Å². The average Bonchev–Trinajstić information content (AvgIpc) is 3.59. The molecule has 0 unspecified atom stereocenters. The zero-order chi connectivity index (χ0) is 28.7. The number of hydrogen-bond donors (Lipinski definition) is 5. The number of hydrogen-bond acceptors (Lipinski definition) is 8.